The van der Waals surface area contributed by atoms with Gasteiger partial charge >= 0.3 is 6.18 Å². The van der Waals surface area contributed by atoms with Gasteiger partial charge in [0.25, 0.3) is 0 Å². The smallest absolute Gasteiger partial charge is 0.275 e. The molecule has 0 bridgehead atoms. The number of aryl methyl sites for hydroxylation is 1. The standard InChI is InChI=1S/C5H5F3N2.H2/c1-10-3-2-4(9-10)5(6,7)8;/h2-3H,1H3;1H. The van der Waals surface area contributed by atoms with E-state index in [0.29, 0.717) is 0 Å². The Morgan fingerprint density at radius 1 is 1.60 bits per heavy atom. The number of aromatic nitrogens is 2. The molecule has 0 aliphatic carbocycles. The van der Waals surface area contributed by atoms with E-state index in [-0.39, 0.29) is 1.43 Å². The Morgan fingerprint density at radius 2 is 2.20 bits per heavy atom. The second-order valence-electron chi connectivity index (χ2n) is 1.87. The topological polar surface area (TPSA) is 17.8 Å². The van der Waals surface area contributed by atoms with E-state index in [1.165, 1.54) is 13.2 Å². The van der Waals surface area contributed by atoms with Crippen LogP contribution in [0.2, 0.25) is 0 Å². The lowest BCUT2D eigenvalue weighted by Gasteiger charge is -1.99. The zero-order valence-electron chi connectivity index (χ0n) is 5.18. The van der Waals surface area contributed by atoms with Crippen LogP contribution in [0.3, 0.4) is 0 Å². The molecule has 0 N–H and O–H groups in total. The molecule has 2 nitrogen and oxygen atoms in total. The van der Waals surface area contributed by atoms with Crippen LogP contribution in [-0.2, 0) is 13.2 Å². The Bertz CT molecular complexity index is 230. The van der Waals surface area contributed by atoms with E-state index in [2.05, 4.69) is 5.10 Å². The Balaban J connectivity index is 0.000001000. The number of nitrogens with zero attached hydrogens (tertiary/aromatic N) is 2. The number of rotatable bonds is 0. The molecule has 1 aromatic heterocycles. The monoisotopic (exact) mass is 152 g/mol. The Morgan fingerprint density at radius 3 is 2.40 bits per heavy atom. The van der Waals surface area contributed by atoms with Gasteiger partial charge in [-0.1, -0.05) is 0 Å². The van der Waals surface area contributed by atoms with Crippen LogP contribution in [-0.4, -0.2) is 9.78 Å². The average molecular weight is 152 g/mol. The third-order valence-electron chi connectivity index (χ3n) is 1.00. The number of alkyl halides is 3. The first-order valence-corrected chi connectivity index (χ1v) is 2.57. The Kier molecular flexibility index (Phi) is 1.42. The molecule has 0 saturated heterocycles. The summed E-state index contributed by atoms with van der Waals surface area (Å²) >= 11 is 0. The summed E-state index contributed by atoms with van der Waals surface area (Å²) in [5.74, 6) is 0. The summed E-state index contributed by atoms with van der Waals surface area (Å²) in [6.07, 6.45) is -3.07. The van der Waals surface area contributed by atoms with Crippen molar-refractivity contribution in [1.82, 2.24) is 9.78 Å². The van der Waals surface area contributed by atoms with Gasteiger partial charge in [-0.25, -0.2) is 0 Å². The van der Waals surface area contributed by atoms with Gasteiger partial charge in [0, 0.05) is 14.7 Å². The third kappa shape index (κ3) is 1.29. The minimum absolute atomic E-state index is 0. The summed E-state index contributed by atoms with van der Waals surface area (Å²) in [4.78, 5) is 0. The highest BCUT2D eigenvalue weighted by atomic mass is 19.4. The van der Waals surface area contributed by atoms with E-state index >= 15 is 0 Å². The van der Waals surface area contributed by atoms with Crippen LogP contribution in [0.1, 0.15) is 7.12 Å². The molecule has 10 heavy (non-hydrogen) atoms. The molecule has 0 aromatic carbocycles. The van der Waals surface area contributed by atoms with Crippen molar-refractivity contribution in [3.8, 4) is 0 Å². The first-order valence-electron chi connectivity index (χ1n) is 2.57. The first-order chi connectivity index (χ1) is 4.50. The molecule has 1 rings (SSSR count). The van der Waals surface area contributed by atoms with E-state index < -0.39 is 11.9 Å². The van der Waals surface area contributed by atoms with Crippen LogP contribution in [0.15, 0.2) is 12.3 Å². The second kappa shape index (κ2) is 2.00. The van der Waals surface area contributed by atoms with E-state index in [9.17, 15) is 13.2 Å². The van der Waals surface area contributed by atoms with Crippen molar-refractivity contribution in [1.29, 1.82) is 0 Å². The van der Waals surface area contributed by atoms with Crippen molar-refractivity contribution < 1.29 is 14.6 Å². The normalized spacial score (nSPS) is 12.0. The van der Waals surface area contributed by atoms with Crippen LogP contribution in [0, 0.1) is 0 Å². The fourth-order valence-corrected chi connectivity index (χ4v) is 0.566. The van der Waals surface area contributed by atoms with Gasteiger partial charge < -0.3 is 0 Å². The predicted octanol–water partition coefficient (Wildman–Crippen LogP) is 1.68. The van der Waals surface area contributed by atoms with Gasteiger partial charge in [0.2, 0.25) is 0 Å². The van der Waals surface area contributed by atoms with Gasteiger partial charge in [0.15, 0.2) is 5.69 Å². The molecular formula is C5H7F3N2. The van der Waals surface area contributed by atoms with Gasteiger partial charge in [0.1, 0.15) is 0 Å². The second-order valence-corrected chi connectivity index (χ2v) is 1.87. The molecule has 1 aromatic rings. The highest BCUT2D eigenvalue weighted by Crippen LogP contribution is 2.26. The summed E-state index contributed by atoms with van der Waals surface area (Å²) in [6.45, 7) is 0. The van der Waals surface area contributed by atoms with Crippen molar-refractivity contribution in [2.45, 2.75) is 6.18 Å². The minimum atomic E-state index is -4.32. The average Bonchev–Trinajstić information content (AvgIpc) is 2.11. The van der Waals surface area contributed by atoms with E-state index in [1.807, 2.05) is 0 Å². The highest BCUT2D eigenvalue weighted by Gasteiger charge is 2.33. The molecule has 0 unspecified atom stereocenters. The molecule has 0 aliphatic rings. The Labute approximate surface area is 56.7 Å². The quantitative estimate of drug-likeness (QED) is 0.553. The SMILES string of the molecule is Cn1ccc(C(F)(F)F)n1.[HH]. The maximum Gasteiger partial charge on any atom is 0.435 e. The zero-order valence-corrected chi connectivity index (χ0v) is 5.18. The van der Waals surface area contributed by atoms with Crippen LogP contribution < -0.4 is 0 Å². The van der Waals surface area contributed by atoms with Gasteiger partial charge in [-0.15, -0.1) is 0 Å². The fourth-order valence-electron chi connectivity index (χ4n) is 0.566. The van der Waals surface area contributed by atoms with E-state index in [0.717, 1.165) is 10.7 Å². The van der Waals surface area contributed by atoms with Crippen LogP contribution in [0.25, 0.3) is 0 Å². The lowest BCUT2D eigenvalue weighted by atomic mass is 10.4. The van der Waals surface area contributed by atoms with Crippen LogP contribution in [0.4, 0.5) is 13.2 Å². The van der Waals surface area contributed by atoms with Crippen molar-refractivity contribution in [2.75, 3.05) is 0 Å². The minimum Gasteiger partial charge on any atom is -0.275 e. The fraction of sp³-hybridized carbons (Fsp3) is 0.400. The van der Waals surface area contributed by atoms with Gasteiger partial charge in [-0.2, -0.15) is 18.3 Å². The van der Waals surface area contributed by atoms with Gasteiger partial charge in [-0.3, -0.25) is 4.68 Å². The van der Waals surface area contributed by atoms with Crippen LogP contribution >= 0.6 is 0 Å². The van der Waals surface area contributed by atoms with Crippen molar-refractivity contribution >= 4 is 0 Å². The molecule has 0 amide bonds. The lowest BCUT2D eigenvalue weighted by Crippen LogP contribution is -2.06. The maximum absolute atomic E-state index is 11.7. The van der Waals surface area contributed by atoms with Crippen molar-refractivity contribution in [3.05, 3.63) is 18.0 Å². The molecule has 0 radical (unpaired) electrons. The number of hydrogen-bond acceptors (Lipinski definition) is 1. The summed E-state index contributed by atoms with van der Waals surface area (Å²) in [5, 5.41) is 3.17. The van der Waals surface area contributed by atoms with Crippen LogP contribution in [0.5, 0.6) is 0 Å². The zero-order chi connectivity index (χ0) is 7.78. The van der Waals surface area contributed by atoms with Crippen molar-refractivity contribution in [3.63, 3.8) is 0 Å². The Hall–Kier alpha value is -1.00. The summed E-state index contributed by atoms with van der Waals surface area (Å²) < 4.78 is 36.3. The van der Waals surface area contributed by atoms with E-state index in [4.69, 9.17) is 0 Å². The van der Waals surface area contributed by atoms with E-state index in [1.54, 1.807) is 0 Å². The third-order valence-corrected chi connectivity index (χ3v) is 1.00. The van der Waals surface area contributed by atoms with Gasteiger partial charge in [0.05, 0.1) is 0 Å². The number of halogens is 3. The molecule has 58 valence electrons. The lowest BCUT2D eigenvalue weighted by molar-refractivity contribution is -0.141. The summed E-state index contributed by atoms with van der Waals surface area (Å²) in [7, 11) is 1.44. The first kappa shape index (κ1) is 7.11. The summed E-state index contributed by atoms with van der Waals surface area (Å²) in [5.41, 5.74) is -0.852. The molecule has 5 heteroatoms. The largest absolute Gasteiger partial charge is 0.435 e. The predicted molar refractivity (Wildman–Crippen MR) is 30.3 cm³/mol. The van der Waals surface area contributed by atoms with Gasteiger partial charge in [-0.05, 0) is 6.07 Å². The summed E-state index contributed by atoms with van der Waals surface area (Å²) in [6, 6.07) is 0.931. The van der Waals surface area contributed by atoms with Crippen molar-refractivity contribution in [2.24, 2.45) is 7.05 Å². The molecule has 0 spiro atoms. The molecule has 0 aliphatic heterocycles. The highest BCUT2D eigenvalue weighted by molar-refractivity contribution is 5.02. The maximum atomic E-state index is 11.7. The molecule has 0 fully saturated rings. The molecule has 0 saturated carbocycles. The molecular weight excluding hydrogens is 145 g/mol. The molecule has 0 atom stereocenters. The molecule has 1 heterocycles. The number of hydrogen-bond donors (Lipinski definition) is 0.